The molecule has 0 unspecified atom stereocenters. The molecule has 0 aliphatic carbocycles. The fourth-order valence-electron chi connectivity index (χ4n) is 3.03. The number of carbonyl (C=O) groups excluding carboxylic acids is 2. The summed E-state index contributed by atoms with van der Waals surface area (Å²) >= 11 is 0. The van der Waals surface area contributed by atoms with Gasteiger partial charge in [-0.1, -0.05) is 5.16 Å². The number of hydrogen-bond donors (Lipinski definition) is 1. The first kappa shape index (κ1) is 15.0. The van der Waals surface area contributed by atoms with Crippen molar-refractivity contribution in [1.82, 2.24) is 15.4 Å². The van der Waals surface area contributed by atoms with E-state index in [1.807, 2.05) is 13.0 Å². The number of ether oxygens (including phenoxy) is 1. The number of aryl methyl sites for hydroxylation is 1. The van der Waals surface area contributed by atoms with E-state index in [0.29, 0.717) is 32.6 Å². The first-order valence-corrected chi connectivity index (χ1v) is 7.69. The highest BCUT2D eigenvalue weighted by molar-refractivity contribution is 5.86. The average Bonchev–Trinajstić information content (AvgIpc) is 3.16. The van der Waals surface area contributed by atoms with Crippen LogP contribution in [0.4, 0.5) is 0 Å². The number of likely N-dealkylation sites (tertiary alicyclic amines) is 1. The van der Waals surface area contributed by atoms with E-state index in [9.17, 15) is 9.59 Å². The Kier molecular flexibility index (Phi) is 4.42. The van der Waals surface area contributed by atoms with E-state index in [2.05, 4.69) is 10.5 Å². The molecule has 2 atom stereocenters. The molecule has 0 saturated carbocycles. The minimum atomic E-state index is -0.121. The molecular weight excluding hydrogens is 286 g/mol. The molecule has 1 aromatic rings. The molecule has 1 aromatic heterocycles. The fourth-order valence-corrected chi connectivity index (χ4v) is 3.03. The van der Waals surface area contributed by atoms with Gasteiger partial charge in [0.15, 0.2) is 0 Å². The molecule has 1 N–H and O–H groups in total. The maximum atomic E-state index is 12.1. The number of hydrogen-bond acceptors (Lipinski definition) is 5. The minimum absolute atomic E-state index is 0.0457. The second-order valence-electron chi connectivity index (χ2n) is 6.03. The quantitative estimate of drug-likeness (QED) is 0.844. The smallest absolute Gasteiger partial charge is 0.239 e. The Bertz CT molecular complexity index is 557. The molecule has 0 radical (unpaired) electrons. The van der Waals surface area contributed by atoms with Crippen molar-refractivity contribution >= 4 is 11.8 Å². The fraction of sp³-hybridized carbons (Fsp3) is 0.667. The molecule has 0 bridgehead atoms. The second-order valence-corrected chi connectivity index (χ2v) is 6.03. The van der Waals surface area contributed by atoms with Crippen LogP contribution in [0.2, 0.25) is 0 Å². The lowest BCUT2D eigenvalue weighted by molar-refractivity contribution is -0.133. The molecule has 7 nitrogen and oxygen atoms in total. The molecule has 2 aliphatic heterocycles. The summed E-state index contributed by atoms with van der Waals surface area (Å²) < 4.78 is 10.7. The summed E-state index contributed by atoms with van der Waals surface area (Å²) in [7, 11) is 0. The van der Waals surface area contributed by atoms with Crippen LogP contribution < -0.4 is 5.32 Å². The van der Waals surface area contributed by atoms with E-state index >= 15 is 0 Å². The maximum Gasteiger partial charge on any atom is 0.239 e. The lowest BCUT2D eigenvalue weighted by atomic mass is 9.98. The third kappa shape index (κ3) is 3.47. The van der Waals surface area contributed by atoms with Crippen molar-refractivity contribution < 1.29 is 18.8 Å². The molecule has 2 saturated heterocycles. The van der Waals surface area contributed by atoms with Crippen molar-refractivity contribution in [2.75, 3.05) is 26.3 Å². The van der Waals surface area contributed by atoms with Gasteiger partial charge in [0.05, 0.1) is 31.5 Å². The van der Waals surface area contributed by atoms with Crippen LogP contribution in [0.1, 0.15) is 24.3 Å². The summed E-state index contributed by atoms with van der Waals surface area (Å²) in [6, 6.07) is 1.86. The van der Waals surface area contributed by atoms with Gasteiger partial charge in [0.1, 0.15) is 5.76 Å². The molecule has 2 fully saturated rings. The van der Waals surface area contributed by atoms with Gasteiger partial charge in [0.25, 0.3) is 0 Å². The van der Waals surface area contributed by atoms with E-state index in [1.165, 1.54) is 0 Å². The van der Waals surface area contributed by atoms with Gasteiger partial charge in [0, 0.05) is 31.4 Å². The zero-order valence-corrected chi connectivity index (χ0v) is 12.7. The number of carbonyl (C=O) groups is 2. The SMILES string of the molecule is Cc1cc(C[C@@H]2COC[C@@H]2NC(=O)CN2CCCC2=O)on1. The molecule has 2 aliphatic rings. The van der Waals surface area contributed by atoms with Crippen LogP contribution in [0.15, 0.2) is 10.6 Å². The molecule has 0 aromatic carbocycles. The number of nitrogens with zero attached hydrogens (tertiary/aromatic N) is 2. The first-order chi connectivity index (χ1) is 10.6. The van der Waals surface area contributed by atoms with Crippen LogP contribution in [-0.4, -0.2) is 54.2 Å². The van der Waals surface area contributed by atoms with E-state index in [1.54, 1.807) is 4.90 Å². The Hall–Kier alpha value is -1.89. The number of amides is 2. The van der Waals surface area contributed by atoms with Crippen LogP contribution in [0.3, 0.4) is 0 Å². The van der Waals surface area contributed by atoms with Crippen LogP contribution in [0, 0.1) is 12.8 Å². The normalized spacial score (nSPS) is 25.0. The Morgan fingerprint density at radius 3 is 3.05 bits per heavy atom. The van der Waals surface area contributed by atoms with Crippen LogP contribution >= 0.6 is 0 Å². The Labute approximate surface area is 129 Å². The Morgan fingerprint density at radius 2 is 2.36 bits per heavy atom. The summed E-state index contributed by atoms with van der Waals surface area (Å²) in [5.41, 5.74) is 0.849. The molecule has 3 heterocycles. The zero-order chi connectivity index (χ0) is 15.5. The summed E-state index contributed by atoms with van der Waals surface area (Å²) in [4.78, 5) is 25.3. The minimum Gasteiger partial charge on any atom is -0.379 e. The van der Waals surface area contributed by atoms with Crippen molar-refractivity contribution in [3.63, 3.8) is 0 Å². The van der Waals surface area contributed by atoms with Crippen molar-refractivity contribution in [3.05, 3.63) is 17.5 Å². The lowest BCUT2D eigenvalue weighted by Gasteiger charge is -2.20. The van der Waals surface area contributed by atoms with Gasteiger partial charge in [-0.25, -0.2) is 0 Å². The third-order valence-corrected chi connectivity index (χ3v) is 4.19. The van der Waals surface area contributed by atoms with Gasteiger partial charge in [-0.3, -0.25) is 9.59 Å². The summed E-state index contributed by atoms with van der Waals surface area (Å²) in [5, 5.41) is 6.86. The maximum absolute atomic E-state index is 12.1. The second kappa shape index (κ2) is 6.48. The van der Waals surface area contributed by atoms with E-state index in [0.717, 1.165) is 17.9 Å². The first-order valence-electron chi connectivity index (χ1n) is 7.69. The van der Waals surface area contributed by atoms with Crippen LogP contribution in [0.5, 0.6) is 0 Å². The lowest BCUT2D eigenvalue weighted by Crippen LogP contribution is -2.45. The van der Waals surface area contributed by atoms with Gasteiger partial charge in [-0.2, -0.15) is 0 Å². The molecule has 22 heavy (non-hydrogen) atoms. The van der Waals surface area contributed by atoms with Crippen LogP contribution in [-0.2, 0) is 20.7 Å². The summed E-state index contributed by atoms with van der Waals surface area (Å²) in [5.74, 6) is 0.920. The van der Waals surface area contributed by atoms with E-state index in [-0.39, 0.29) is 30.3 Å². The number of rotatable bonds is 5. The Balaban J connectivity index is 1.52. The highest BCUT2D eigenvalue weighted by Gasteiger charge is 2.31. The molecule has 120 valence electrons. The number of aromatic nitrogens is 1. The Morgan fingerprint density at radius 1 is 1.50 bits per heavy atom. The predicted molar refractivity (Wildman–Crippen MR) is 77.0 cm³/mol. The van der Waals surface area contributed by atoms with Gasteiger partial charge in [-0.15, -0.1) is 0 Å². The van der Waals surface area contributed by atoms with Gasteiger partial charge >= 0.3 is 0 Å². The van der Waals surface area contributed by atoms with Crippen molar-refractivity contribution in [1.29, 1.82) is 0 Å². The molecular formula is C15H21N3O4. The molecule has 2 amide bonds. The van der Waals surface area contributed by atoms with Crippen molar-refractivity contribution in [2.24, 2.45) is 5.92 Å². The molecule has 0 spiro atoms. The third-order valence-electron chi connectivity index (χ3n) is 4.19. The van der Waals surface area contributed by atoms with Crippen molar-refractivity contribution in [3.8, 4) is 0 Å². The summed E-state index contributed by atoms with van der Waals surface area (Å²) in [6.45, 7) is 3.78. The van der Waals surface area contributed by atoms with Crippen LogP contribution in [0.25, 0.3) is 0 Å². The summed E-state index contributed by atoms with van der Waals surface area (Å²) in [6.07, 6.45) is 2.08. The van der Waals surface area contributed by atoms with Gasteiger partial charge in [-0.05, 0) is 13.3 Å². The topological polar surface area (TPSA) is 84.7 Å². The monoisotopic (exact) mass is 307 g/mol. The van der Waals surface area contributed by atoms with Crippen molar-refractivity contribution in [2.45, 2.75) is 32.2 Å². The van der Waals surface area contributed by atoms with E-state index < -0.39 is 0 Å². The predicted octanol–water partition coefficient (Wildman–Crippen LogP) is 0.279. The standard InChI is InChI=1S/C15H21N3O4/c1-10-5-12(22-17-10)6-11-8-21-9-13(11)16-14(19)7-18-4-2-3-15(18)20/h5,11,13H,2-4,6-9H2,1H3,(H,16,19)/t11-,13+/m1/s1. The van der Waals surface area contributed by atoms with Gasteiger partial charge < -0.3 is 19.5 Å². The number of nitrogens with one attached hydrogen (secondary N) is 1. The highest BCUT2D eigenvalue weighted by Crippen LogP contribution is 2.20. The molecule has 7 heteroatoms. The molecule has 3 rings (SSSR count). The largest absolute Gasteiger partial charge is 0.379 e. The highest BCUT2D eigenvalue weighted by atomic mass is 16.5. The van der Waals surface area contributed by atoms with E-state index in [4.69, 9.17) is 9.26 Å². The average molecular weight is 307 g/mol. The van der Waals surface area contributed by atoms with Gasteiger partial charge in [0.2, 0.25) is 11.8 Å². The zero-order valence-electron chi connectivity index (χ0n) is 12.7.